The fourth-order valence-corrected chi connectivity index (χ4v) is 3.81. The number of allylic oxidation sites excluding steroid dienone is 1. The van der Waals surface area contributed by atoms with Gasteiger partial charge in [-0.2, -0.15) is 0 Å². The molecule has 2 aliphatic carbocycles. The van der Waals surface area contributed by atoms with E-state index in [1.807, 2.05) is 0 Å². The van der Waals surface area contributed by atoms with Crippen LogP contribution < -0.4 is 0 Å². The summed E-state index contributed by atoms with van der Waals surface area (Å²) in [7, 11) is 0. The average molecular weight is 178 g/mol. The summed E-state index contributed by atoms with van der Waals surface area (Å²) in [5, 5.41) is 0. The van der Waals surface area contributed by atoms with Gasteiger partial charge in [0.15, 0.2) is 0 Å². The van der Waals surface area contributed by atoms with E-state index < -0.39 is 0 Å². The van der Waals surface area contributed by atoms with Crippen LogP contribution in [0.4, 0.5) is 0 Å². The summed E-state index contributed by atoms with van der Waals surface area (Å²) >= 11 is 0. The first-order valence-electron chi connectivity index (χ1n) is 5.51. The Morgan fingerprint density at radius 1 is 1.23 bits per heavy atom. The monoisotopic (exact) mass is 178 g/mol. The summed E-state index contributed by atoms with van der Waals surface area (Å²) in [6, 6.07) is 0. The third-order valence-electron chi connectivity index (χ3n) is 4.49. The third-order valence-corrected chi connectivity index (χ3v) is 4.49. The van der Waals surface area contributed by atoms with Gasteiger partial charge in [0, 0.05) is 5.92 Å². The van der Waals surface area contributed by atoms with Gasteiger partial charge in [-0.05, 0) is 45.4 Å². The number of rotatable bonds is 0. The molecule has 0 unspecified atom stereocenters. The van der Waals surface area contributed by atoms with E-state index in [-0.39, 0.29) is 11.2 Å². The van der Waals surface area contributed by atoms with Crippen LogP contribution >= 0.6 is 0 Å². The fraction of sp³-hybridized carbons (Fsp3) is 0.833. The minimum Gasteiger partial charge on any atom is -0.368 e. The molecule has 72 valence electrons. The van der Waals surface area contributed by atoms with Gasteiger partial charge in [-0.3, -0.25) is 0 Å². The van der Waals surface area contributed by atoms with Crippen molar-refractivity contribution in [3.8, 4) is 0 Å². The highest BCUT2D eigenvalue weighted by atomic mass is 16.5. The first-order valence-corrected chi connectivity index (χ1v) is 5.51. The lowest BCUT2D eigenvalue weighted by molar-refractivity contribution is -0.127. The van der Waals surface area contributed by atoms with E-state index in [1.54, 1.807) is 0 Å². The van der Waals surface area contributed by atoms with Crippen LogP contribution in [-0.2, 0) is 4.74 Å². The lowest BCUT2D eigenvalue weighted by atomic mass is 9.81. The van der Waals surface area contributed by atoms with Crippen LogP contribution in [0.5, 0.6) is 0 Å². The van der Waals surface area contributed by atoms with Crippen LogP contribution in [0.25, 0.3) is 0 Å². The molecule has 1 heterocycles. The third kappa shape index (κ3) is 0.864. The smallest absolute Gasteiger partial charge is 0.0728 e. The van der Waals surface area contributed by atoms with E-state index in [1.165, 1.54) is 25.7 Å². The summed E-state index contributed by atoms with van der Waals surface area (Å²) in [6.45, 7) is 4.63. The van der Waals surface area contributed by atoms with E-state index in [2.05, 4.69) is 26.0 Å². The van der Waals surface area contributed by atoms with Gasteiger partial charge in [0.25, 0.3) is 0 Å². The minimum atomic E-state index is 0.177. The van der Waals surface area contributed by atoms with E-state index in [0.29, 0.717) is 5.92 Å². The Morgan fingerprint density at radius 2 is 2.08 bits per heavy atom. The highest BCUT2D eigenvalue weighted by Crippen LogP contribution is 2.60. The molecule has 13 heavy (non-hydrogen) atoms. The minimum absolute atomic E-state index is 0.177. The van der Waals surface area contributed by atoms with Crippen LogP contribution in [0.1, 0.15) is 39.5 Å². The Kier molecular flexibility index (Phi) is 1.36. The topological polar surface area (TPSA) is 9.23 Å². The highest BCUT2D eigenvalue weighted by molar-refractivity contribution is 5.18. The highest BCUT2D eigenvalue weighted by Gasteiger charge is 2.61. The molecule has 0 aromatic rings. The summed E-state index contributed by atoms with van der Waals surface area (Å²) in [4.78, 5) is 0. The predicted molar refractivity (Wildman–Crippen MR) is 52.5 cm³/mol. The number of hydrogen-bond acceptors (Lipinski definition) is 1. The van der Waals surface area contributed by atoms with Crippen molar-refractivity contribution in [2.45, 2.75) is 50.7 Å². The first kappa shape index (κ1) is 8.05. The normalized spacial score (nSPS) is 58.3. The maximum absolute atomic E-state index is 6.29. The molecule has 4 bridgehead atoms. The molecule has 0 radical (unpaired) electrons. The second-order valence-electron chi connectivity index (χ2n) is 5.37. The summed E-state index contributed by atoms with van der Waals surface area (Å²) < 4.78 is 6.29. The Bertz CT molecular complexity index is 270. The van der Waals surface area contributed by atoms with Crippen molar-refractivity contribution in [2.75, 3.05) is 0 Å². The Hall–Kier alpha value is -0.300. The van der Waals surface area contributed by atoms with Crippen molar-refractivity contribution in [3.05, 3.63) is 12.2 Å². The van der Waals surface area contributed by atoms with Crippen LogP contribution in [0.2, 0.25) is 0 Å². The van der Waals surface area contributed by atoms with Crippen molar-refractivity contribution in [2.24, 2.45) is 11.8 Å². The Balaban J connectivity index is 2.08. The zero-order valence-corrected chi connectivity index (χ0v) is 8.55. The van der Waals surface area contributed by atoms with Crippen LogP contribution in [0.3, 0.4) is 0 Å². The van der Waals surface area contributed by atoms with E-state index >= 15 is 0 Å². The molecule has 1 saturated carbocycles. The predicted octanol–water partition coefficient (Wildman–Crippen LogP) is 2.91. The zero-order valence-electron chi connectivity index (χ0n) is 8.55. The Labute approximate surface area is 80.2 Å². The van der Waals surface area contributed by atoms with Crippen molar-refractivity contribution >= 4 is 0 Å². The van der Waals surface area contributed by atoms with Gasteiger partial charge in [-0.25, -0.2) is 0 Å². The molecule has 0 aromatic carbocycles. The standard InChI is InChI=1S/C12H18O/c1-11-7-4-3-5-9-10(11)6-8-12(9,2)13-11/h3,5,9-10H,4,6-8H2,1-2H3/t9-,10-,11+,12+/m1/s1. The molecule has 4 atom stereocenters. The van der Waals surface area contributed by atoms with Gasteiger partial charge in [-0.15, -0.1) is 0 Å². The van der Waals surface area contributed by atoms with E-state index in [0.717, 1.165) is 5.92 Å². The first-order chi connectivity index (χ1) is 6.14. The maximum atomic E-state index is 6.29. The van der Waals surface area contributed by atoms with Crippen molar-refractivity contribution < 1.29 is 4.74 Å². The largest absolute Gasteiger partial charge is 0.368 e. The molecule has 0 spiro atoms. The van der Waals surface area contributed by atoms with Gasteiger partial charge in [0.1, 0.15) is 0 Å². The molecule has 3 rings (SSSR count). The molecule has 1 saturated heterocycles. The van der Waals surface area contributed by atoms with Gasteiger partial charge in [-0.1, -0.05) is 12.2 Å². The summed E-state index contributed by atoms with van der Waals surface area (Å²) in [5.74, 6) is 1.51. The Morgan fingerprint density at radius 3 is 2.92 bits per heavy atom. The quantitative estimate of drug-likeness (QED) is 0.518. The molecule has 2 fully saturated rings. The second kappa shape index (κ2) is 2.20. The molecule has 0 aromatic heterocycles. The average Bonchev–Trinajstić information content (AvgIpc) is 2.35. The summed E-state index contributed by atoms with van der Waals surface area (Å²) in [6.07, 6.45) is 9.87. The van der Waals surface area contributed by atoms with Crippen LogP contribution in [-0.4, -0.2) is 11.2 Å². The lowest BCUT2D eigenvalue weighted by Crippen LogP contribution is -2.38. The fourth-order valence-electron chi connectivity index (χ4n) is 3.81. The zero-order chi connectivity index (χ0) is 9.10. The maximum Gasteiger partial charge on any atom is 0.0728 e. The molecule has 0 N–H and O–H groups in total. The molecule has 0 amide bonds. The SMILES string of the molecule is C[C@]12CC[C@@H]3[C@H]1C=CCC[C@]3(C)O2. The van der Waals surface area contributed by atoms with Gasteiger partial charge in [0.05, 0.1) is 11.2 Å². The van der Waals surface area contributed by atoms with Crippen molar-refractivity contribution in [3.63, 3.8) is 0 Å². The lowest BCUT2D eigenvalue weighted by Gasteiger charge is -2.37. The number of hydrogen-bond donors (Lipinski definition) is 0. The molecule has 3 aliphatic rings. The van der Waals surface area contributed by atoms with E-state index in [4.69, 9.17) is 4.74 Å². The number of ether oxygens (including phenoxy) is 1. The van der Waals surface area contributed by atoms with Crippen molar-refractivity contribution in [1.82, 2.24) is 0 Å². The van der Waals surface area contributed by atoms with E-state index in [9.17, 15) is 0 Å². The molecule has 1 heteroatoms. The van der Waals surface area contributed by atoms with Crippen LogP contribution in [0, 0.1) is 11.8 Å². The second-order valence-corrected chi connectivity index (χ2v) is 5.37. The summed E-state index contributed by atoms with van der Waals surface area (Å²) in [5.41, 5.74) is 0.373. The molecular formula is C12H18O. The van der Waals surface area contributed by atoms with Crippen molar-refractivity contribution in [1.29, 1.82) is 0 Å². The van der Waals surface area contributed by atoms with Gasteiger partial charge >= 0.3 is 0 Å². The van der Waals surface area contributed by atoms with Gasteiger partial charge < -0.3 is 4.74 Å². The molecule has 1 aliphatic heterocycles. The van der Waals surface area contributed by atoms with Gasteiger partial charge in [0.2, 0.25) is 0 Å². The molecular weight excluding hydrogens is 160 g/mol. The van der Waals surface area contributed by atoms with Crippen LogP contribution in [0.15, 0.2) is 12.2 Å². The molecule has 1 nitrogen and oxygen atoms in total.